The van der Waals surface area contributed by atoms with Gasteiger partial charge in [-0.3, -0.25) is 19.4 Å². The Morgan fingerprint density at radius 2 is 1.62 bits per heavy atom. The number of halogens is 1. The van der Waals surface area contributed by atoms with Gasteiger partial charge in [0.25, 0.3) is 11.8 Å². The molecule has 0 unspecified atom stereocenters. The van der Waals surface area contributed by atoms with Crippen LogP contribution in [0.2, 0.25) is 0 Å². The molecule has 1 heterocycles. The molecule has 0 aliphatic carbocycles. The third-order valence-corrected chi connectivity index (χ3v) is 5.12. The molecular weight excluding hydrogens is 375 g/mol. The van der Waals surface area contributed by atoms with E-state index in [1.165, 1.54) is 17.0 Å². The van der Waals surface area contributed by atoms with Gasteiger partial charge < -0.3 is 5.11 Å². The van der Waals surface area contributed by atoms with E-state index >= 15 is 0 Å². The standard InChI is InChI=1S/C22H23FN2O4/c1-13(25(21(28)29)22(2,3)4)14-10-7-11-18(23)17(14)12-24-19(26)15-8-5-6-9-16(15)20(24)27/h5-11,13H,12H2,1-4H3,(H,28,29)/t13-/m1/s1. The maximum absolute atomic E-state index is 14.8. The van der Waals surface area contributed by atoms with Crippen LogP contribution in [-0.2, 0) is 6.54 Å². The molecular formula is C22H23FN2O4. The number of hydrogen-bond donors (Lipinski definition) is 1. The number of carboxylic acid groups (broad SMARTS) is 1. The molecule has 1 N–H and O–H groups in total. The fourth-order valence-electron chi connectivity index (χ4n) is 3.85. The minimum absolute atomic E-state index is 0.130. The quantitative estimate of drug-likeness (QED) is 0.772. The topological polar surface area (TPSA) is 77.9 Å². The van der Waals surface area contributed by atoms with Crippen molar-refractivity contribution in [1.29, 1.82) is 0 Å². The van der Waals surface area contributed by atoms with E-state index in [2.05, 4.69) is 0 Å². The minimum Gasteiger partial charge on any atom is -0.465 e. The van der Waals surface area contributed by atoms with Gasteiger partial charge in [-0.1, -0.05) is 24.3 Å². The van der Waals surface area contributed by atoms with E-state index in [0.29, 0.717) is 5.56 Å². The zero-order valence-electron chi connectivity index (χ0n) is 16.8. The smallest absolute Gasteiger partial charge is 0.408 e. The monoisotopic (exact) mass is 398 g/mol. The molecule has 0 aromatic heterocycles. The van der Waals surface area contributed by atoms with Gasteiger partial charge in [-0.15, -0.1) is 0 Å². The Bertz CT molecular complexity index is 962. The summed E-state index contributed by atoms with van der Waals surface area (Å²) in [6, 6.07) is 10.1. The van der Waals surface area contributed by atoms with Crippen LogP contribution < -0.4 is 0 Å². The number of carbonyl (C=O) groups excluding carboxylic acids is 2. The molecule has 0 saturated carbocycles. The van der Waals surface area contributed by atoms with Crippen molar-refractivity contribution in [3.8, 4) is 0 Å². The van der Waals surface area contributed by atoms with Gasteiger partial charge in [0.2, 0.25) is 0 Å². The van der Waals surface area contributed by atoms with Crippen LogP contribution in [0.1, 0.15) is 65.6 Å². The maximum atomic E-state index is 14.8. The first-order chi connectivity index (χ1) is 13.5. The summed E-state index contributed by atoms with van der Waals surface area (Å²) < 4.78 is 14.8. The number of rotatable bonds is 4. The number of benzene rings is 2. The van der Waals surface area contributed by atoms with Crippen molar-refractivity contribution in [3.63, 3.8) is 0 Å². The molecule has 6 nitrogen and oxygen atoms in total. The summed E-state index contributed by atoms with van der Waals surface area (Å²) in [4.78, 5) is 39.5. The zero-order valence-corrected chi connectivity index (χ0v) is 16.8. The van der Waals surface area contributed by atoms with Crippen molar-refractivity contribution in [2.75, 3.05) is 0 Å². The van der Waals surface area contributed by atoms with Crippen LogP contribution in [0.15, 0.2) is 42.5 Å². The number of imide groups is 1. The maximum Gasteiger partial charge on any atom is 0.408 e. The molecule has 0 radical (unpaired) electrons. The van der Waals surface area contributed by atoms with E-state index in [-0.39, 0.29) is 23.2 Å². The highest BCUT2D eigenvalue weighted by molar-refractivity contribution is 6.21. The predicted molar refractivity (Wildman–Crippen MR) is 105 cm³/mol. The van der Waals surface area contributed by atoms with Crippen LogP contribution in [-0.4, -0.2) is 38.4 Å². The first kappa shape index (κ1) is 20.5. The Morgan fingerprint density at radius 3 is 2.10 bits per heavy atom. The van der Waals surface area contributed by atoms with Gasteiger partial charge in [0, 0.05) is 11.1 Å². The molecule has 1 aliphatic heterocycles. The van der Waals surface area contributed by atoms with Gasteiger partial charge in [0.15, 0.2) is 0 Å². The van der Waals surface area contributed by atoms with Crippen molar-refractivity contribution in [2.45, 2.75) is 45.8 Å². The highest BCUT2D eigenvalue weighted by Gasteiger charge is 2.37. The summed E-state index contributed by atoms with van der Waals surface area (Å²) in [6.45, 7) is 6.65. The molecule has 3 amide bonds. The third-order valence-electron chi connectivity index (χ3n) is 5.12. The second kappa shape index (κ2) is 7.31. The highest BCUT2D eigenvalue weighted by atomic mass is 19.1. The minimum atomic E-state index is -1.14. The second-order valence-corrected chi connectivity index (χ2v) is 8.05. The van der Waals surface area contributed by atoms with E-state index < -0.39 is 35.3 Å². The molecule has 0 fully saturated rings. The van der Waals surface area contributed by atoms with Gasteiger partial charge in [-0.25, -0.2) is 9.18 Å². The van der Waals surface area contributed by atoms with E-state index in [0.717, 1.165) is 4.90 Å². The SMILES string of the molecule is C[C@H](c1cccc(F)c1CN1C(=O)c2ccccc2C1=O)N(C(=O)O)C(C)(C)C. The third kappa shape index (κ3) is 3.60. The largest absolute Gasteiger partial charge is 0.465 e. The van der Waals surface area contributed by atoms with Crippen molar-refractivity contribution in [2.24, 2.45) is 0 Å². The number of nitrogens with zero attached hydrogens (tertiary/aromatic N) is 2. The van der Waals surface area contributed by atoms with E-state index in [1.54, 1.807) is 58.0 Å². The first-order valence-electron chi connectivity index (χ1n) is 9.28. The lowest BCUT2D eigenvalue weighted by molar-refractivity contribution is 0.0627. The first-order valence-corrected chi connectivity index (χ1v) is 9.28. The Morgan fingerprint density at radius 1 is 1.07 bits per heavy atom. The van der Waals surface area contributed by atoms with Gasteiger partial charge in [0.1, 0.15) is 5.82 Å². The van der Waals surface area contributed by atoms with Crippen molar-refractivity contribution in [1.82, 2.24) is 9.80 Å². The van der Waals surface area contributed by atoms with Gasteiger partial charge in [0.05, 0.1) is 23.7 Å². The summed E-state index contributed by atoms with van der Waals surface area (Å²) >= 11 is 0. The molecule has 1 aliphatic rings. The Hall–Kier alpha value is -3.22. The number of fused-ring (bicyclic) bond motifs is 1. The molecule has 152 valence electrons. The van der Waals surface area contributed by atoms with Crippen molar-refractivity contribution < 1.29 is 23.9 Å². The molecule has 0 saturated heterocycles. The van der Waals surface area contributed by atoms with E-state index in [1.807, 2.05) is 0 Å². The molecule has 2 aromatic carbocycles. The molecule has 29 heavy (non-hydrogen) atoms. The molecule has 7 heteroatoms. The average molecular weight is 398 g/mol. The summed E-state index contributed by atoms with van der Waals surface area (Å²) in [5, 5.41) is 9.70. The van der Waals surface area contributed by atoms with Gasteiger partial charge in [-0.2, -0.15) is 0 Å². The highest BCUT2D eigenvalue weighted by Crippen LogP contribution is 2.33. The number of carbonyl (C=O) groups is 3. The van der Waals surface area contributed by atoms with Crippen molar-refractivity contribution >= 4 is 17.9 Å². The summed E-state index contributed by atoms with van der Waals surface area (Å²) in [5.41, 5.74) is 0.379. The molecule has 0 spiro atoms. The lowest BCUT2D eigenvalue weighted by atomic mass is 9.95. The number of hydrogen-bond acceptors (Lipinski definition) is 3. The van der Waals surface area contributed by atoms with E-state index in [9.17, 15) is 23.9 Å². The predicted octanol–water partition coefficient (Wildman–Crippen LogP) is 4.46. The van der Waals surface area contributed by atoms with Crippen LogP contribution >= 0.6 is 0 Å². The lowest BCUT2D eigenvalue weighted by Gasteiger charge is -2.39. The molecule has 1 atom stereocenters. The summed E-state index contributed by atoms with van der Waals surface area (Å²) in [7, 11) is 0. The molecule has 2 aromatic rings. The summed E-state index contributed by atoms with van der Waals surface area (Å²) in [6.07, 6.45) is -1.14. The van der Waals surface area contributed by atoms with Crippen LogP contribution in [0.4, 0.5) is 9.18 Å². The van der Waals surface area contributed by atoms with Crippen LogP contribution in [0.3, 0.4) is 0 Å². The van der Waals surface area contributed by atoms with Crippen LogP contribution in [0.5, 0.6) is 0 Å². The zero-order chi connectivity index (χ0) is 21.5. The van der Waals surface area contributed by atoms with Crippen LogP contribution in [0.25, 0.3) is 0 Å². The Labute approximate surface area is 168 Å². The Kier molecular flexibility index (Phi) is 5.17. The molecule has 0 bridgehead atoms. The van der Waals surface area contributed by atoms with Gasteiger partial charge in [-0.05, 0) is 51.5 Å². The summed E-state index contributed by atoms with van der Waals surface area (Å²) in [5.74, 6) is -1.57. The fourth-order valence-corrected chi connectivity index (χ4v) is 3.85. The number of amides is 3. The van der Waals surface area contributed by atoms with Gasteiger partial charge >= 0.3 is 6.09 Å². The lowest BCUT2D eigenvalue weighted by Crippen LogP contribution is -2.46. The second-order valence-electron chi connectivity index (χ2n) is 8.05. The van der Waals surface area contributed by atoms with Crippen molar-refractivity contribution in [3.05, 3.63) is 70.5 Å². The fraction of sp³-hybridized carbons (Fsp3) is 0.318. The van der Waals surface area contributed by atoms with Crippen LogP contribution in [0, 0.1) is 5.82 Å². The normalized spacial score (nSPS) is 14.7. The average Bonchev–Trinajstić information content (AvgIpc) is 2.87. The van der Waals surface area contributed by atoms with E-state index in [4.69, 9.17) is 0 Å². The molecule has 3 rings (SSSR count). The Balaban J connectivity index is 2.01.